The molecule has 0 unspecified atom stereocenters. The third-order valence-corrected chi connectivity index (χ3v) is 3.56. The second-order valence-corrected chi connectivity index (χ2v) is 4.70. The Bertz CT molecular complexity index is 451. The van der Waals surface area contributed by atoms with Crippen molar-refractivity contribution < 1.29 is 4.79 Å². The molecule has 5 nitrogen and oxygen atoms in total. The third-order valence-electron chi connectivity index (χ3n) is 2.60. The first kappa shape index (κ1) is 11.9. The Morgan fingerprint density at radius 2 is 2.29 bits per heavy atom. The van der Waals surface area contributed by atoms with Crippen molar-refractivity contribution in [3.63, 3.8) is 0 Å². The molecular weight excluding hydrogens is 236 g/mol. The minimum atomic E-state index is 0.113. The van der Waals surface area contributed by atoms with Crippen LogP contribution in [0.5, 0.6) is 0 Å². The molecule has 0 saturated carbocycles. The van der Waals surface area contributed by atoms with Crippen LogP contribution in [0, 0.1) is 11.3 Å². The van der Waals surface area contributed by atoms with Gasteiger partial charge in [-0.2, -0.15) is 10.4 Å². The molecule has 1 saturated heterocycles. The Morgan fingerprint density at radius 1 is 1.53 bits per heavy atom. The summed E-state index contributed by atoms with van der Waals surface area (Å²) in [5.74, 6) is 0.440. The quantitative estimate of drug-likeness (QED) is 0.748. The largest absolute Gasteiger partial charge is 0.342 e. The summed E-state index contributed by atoms with van der Waals surface area (Å²) < 4.78 is 0. The zero-order chi connectivity index (χ0) is 12.1. The molecule has 0 aliphatic carbocycles. The van der Waals surface area contributed by atoms with E-state index in [4.69, 9.17) is 5.26 Å². The molecule has 2 rings (SSSR count). The van der Waals surface area contributed by atoms with Crippen molar-refractivity contribution in [2.24, 2.45) is 0 Å². The lowest BCUT2D eigenvalue weighted by Gasteiger charge is -2.14. The van der Waals surface area contributed by atoms with Crippen molar-refractivity contribution in [2.75, 3.05) is 18.8 Å². The lowest BCUT2D eigenvalue weighted by molar-refractivity contribution is -0.127. The highest BCUT2D eigenvalue weighted by Gasteiger charge is 2.18. The SMILES string of the molecule is N#Cc1ccnnc1SCC(=O)N1CCCC1. The van der Waals surface area contributed by atoms with Gasteiger partial charge < -0.3 is 4.90 Å². The summed E-state index contributed by atoms with van der Waals surface area (Å²) in [6, 6.07) is 3.65. The van der Waals surface area contributed by atoms with E-state index in [9.17, 15) is 4.79 Å². The van der Waals surface area contributed by atoms with Gasteiger partial charge in [0.2, 0.25) is 5.91 Å². The summed E-state index contributed by atoms with van der Waals surface area (Å²) in [6.07, 6.45) is 3.65. The number of hydrogen-bond acceptors (Lipinski definition) is 5. The Hall–Kier alpha value is -1.61. The van der Waals surface area contributed by atoms with Gasteiger partial charge in [0.1, 0.15) is 11.1 Å². The van der Waals surface area contributed by atoms with Crippen LogP contribution in [0.4, 0.5) is 0 Å². The van der Waals surface area contributed by atoms with Crippen molar-refractivity contribution in [2.45, 2.75) is 17.9 Å². The van der Waals surface area contributed by atoms with Crippen LogP contribution in [0.3, 0.4) is 0 Å². The molecule has 0 atom stereocenters. The first-order valence-electron chi connectivity index (χ1n) is 5.43. The van der Waals surface area contributed by atoms with Crippen LogP contribution in [-0.4, -0.2) is 39.8 Å². The van der Waals surface area contributed by atoms with Gasteiger partial charge >= 0.3 is 0 Å². The zero-order valence-electron chi connectivity index (χ0n) is 9.30. The molecule has 0 bridgehead atoms. The van der Waals surface area contributed by atoms with Gasteiger partial charge in [-0.05, 0) is 18.9 Å². The Balaban J connectivity index is 1.93. The van der Waals surface area contributed by atoms with E-state index in [0.717, 1.165) is 25.9 Å². The van der Waals surface area contributed by atoms with Crippen molar-refractivity contribution in [3.8, 4) is 6.07 Å². The lowest BCUT2D eigenvalue weighted by atomic mass is 10.3. The minimum absolute atomic E-state index is 0.113. The summed E-state index contributed by atoms with van der Waals surface area (Å²) in [4.78, 5) is 13.6. The van der Waals surface area contributed by atoms with Crippen LogP contribution < -0.4 is 0 Å². The molecule has 1 aromatic heterocycles. The second kappa shape index (κ2) is 5.64. The standard InChI is InChI=1S/C11H12N4OS/c12-7-9-3-4-13-14-11(9)17-8-10(16)15-5-1-2-6-15/h3-4H,1-2,5-6,8H2. The van der Waals surface area contributed by atoms with Crippen LogP contribution in [0.1, 0.15) is 18.4 Å². The number of amides is 1. The second-order valence-electron chi connectivity index (χ2n) is 3.74. The summed E-state index contributed by atoms with van der Waals surface area (Å²) >= 11 is 1.28. The number of carbonyl (C=O) groups is 1. The Kier molecular flexibility index (Phi) is 3.94. The van der Waals surface area contributed by atoms with Crippen molar-refractivity contribution >= 4 is 17.7 Å². The number of aromatic nitrogens is 2. The number of thioether (sulfide) groups is 1. The van der Waals surface area contributed by atoms with Gasteiger partial charge in [0.25, 0.3) is 0 Å². The van der Waals surface area contributed by atoms with Crippen LogP contribution >= 0.6 is 11.8 Å². The molecule has 88 valence electrons. The minimum Gasteiger partial charge on any atom is -0.342 e. The molecule has 0 N–H and O–H groups in total. The number of hydrogen-bond donors (Lipinski definition) is 0. The number of nitriles is 1. The predicted molar refractivity (Wildman–Crippen MR) is 63.3 cm³/mol. The third kappa shape index (κ3) is 2.94. The van der Waals surface area contributed by atoms with Crippen molar-refractivity contribution in [3.05, 3.63) is 17.8 Å². The van der Waals surface area contributed by atoms with Gasteiger partial charge in [-0.25, -0.2) is 0 Å². The number of rotatable bonds is 3. The average Bonchev–Trinajstić information content (AvgIpc) is 2.90. The van der Waals surface area contributed by atoms with E-state index in [1.54, 1.807) is 6.07 Å². The molecule has 1 aliphatic heterocycles. The van der Waals surface area contributed by atoms with E-state index in [1.807, 2.05) is 11.0 Å². The smallest absolute Gasteiger partial charge is 0.232 e. The van der Waals surface area contributed by atoms with Crippen molar-refractivity contribution in [1.82, 2.24) is 15.1 Å². The molecule has 1 amide bonds. The topological polar surface area (TPSA) is 69.9 Å². The summed E-state index contributed by atoms with van der Waals surface area (Å²) in [5.41, 5.74) is 0.472. The van der Waals surface area contributed by atoms with E-state index in [1.165, 1.54) is 18.0 Å². The monoisotopic (exact) mass is 248 g/mol. The van der Waals surface area contributed by atoms with Gasteiger partial charge in [0.15, 0.2) is 0 Å². The molecule has 0 radical (unpaired) electrons. The Morgan fingerprint density at radius 3 is 3.00 bits per heavy atom. The van der Waals surface area contributed by atoms with Gasteiger partial charge in [0.05, 0.1) is 17.5 Å². The molecule has 1 aliphatic rings. The number of carbonyl (C=O) groups excluding carboxylic acids is 1. The van der Waals surface area contributed by atoms with Crippen LogP contribution in [-0.2, 0) is 4.79 Å². The molecule has 1 fully saturated rings. The fourth-order valence-electron chi connectivity index (χ4n) is 1.70. The first-order valence-corrected chi connectivity index (χ1v) is 6.42. The fraction of sp³-hybridized carbons (Fsp3) is 0.455. The summed E-state index contributed by atoms with van der Waals surface area (Å²) in [5, 5.41) is 17.0. The fourth-order valence-corrected chi connectivity index (χ4v) is 2.52. The maximum atomic E-state index is 11.8. The van der Waals surface area contributed by atoms with E-state index in [0.29, 0.717) is 16.3 Å². The van der Waals surface area contributed by atoms with Crippen LogP contribution in [0.2, 0.25) is 0 Å². The molecular formula is C11H12N4OS. The normalized spacial score (nSPS) is 14.6. The maximum Gasteiger partial charge on any atom is 0.232 e. The number of nitrogens with zero attached hydrogens (tertiary/aromatic N) is 4. The van der Waals surface area contributed by atoms with E-state index in [2.05, 4.69) is 10.2 Å². The van der Waals surface area contributed by atoms with Gasteiger partial charge in [-0.1, -0.05) is 11.8 Å². The van der Waals surface area contributed by atoms with Crippen molar-refractivity contribution in [1.29, 1.82) is 5.26 Å². The predicted octanol–water partition coefficient (Wildman–Crippen LogP) is 1.06. The first-order chi connectivity index (χ1) is 8.31. The zero-order valence-corrected chi connectivity index (χ0v) is 10.1. The highest BCUT2D eigenvalue weighted by Crippen LogP contribution is 2.19. The van der Waals surface area contributed by atoms with Gasteiger partial charge in [0, 0.05) is 13.1 Å². The average molecular weight is 248 g/mol. The Labute approximate surface area is 104 Å². The van der Waals surface area contributed by atoms with Crippen LogP contribution in [0.25, 0.3) is 0 Å². The lowest BCUT2D eigenvalue weighted by Crippen LogP contribution is -2.29. The summed E-state index contributed by atoms with van der Waals surface area (Å²) in [7, 11) is 0. The molecule has 17 heavy (non-hydrogen) atoms. The summed E-state index contributed by atoms with van der Waals surface area (Å²) in [6.45, 7) is 1.70. The van der Waals surface area contributed by atoms with E-state index < -0.39 is 0 Å². The number of likely N-dealkylation sites (tertiary alicyclic amines) is 1. The molecule has 2 heterocycles. The highest BCUT2D eigenvalue weighted by atomic mass is 32.2. The maximum absolute atomic E-state index is 11.8. The van der Waals surface area contributed by atoms with Gasteiger partial charge in [-0.15, -0.1) is 5.10 Å². The molecule has 1 aromatic rings. The van der Waals surface area contributed by atoms with Crippen LogP contribution in [0.15, 0.2) is 17.3 Å². The molecule has 6 heteroatoms. The highest BCUT2D eigenvalue weighted by molar-refractivity contribution is 7.99. The van der Waals surface area contributed by atoms with E-state index in [-0.39, 0.29) is 5.91 Å². The van der Waals surface area contributed by atoms with E-state index >= 15 is 0 Å². The molecule has 0 spiro atoms. The molecule has 0 aromatic carbocycles. The van der Waals surface area contributed by atoms with Gasteiger partial charge in [-0.3, -0.25) is 4.79 Å².